The molecule has 0 aliphatic rings. The maximum atomic E-state index is 12.4. The Labute approximate surface area is 215 Å². The summed E-state index contributed by atoms with van der Waals surface area (Å²) in [6.07, 6.45) is 2.30. The molecule has 192 valence electrons. The summed E-state index contributed by atoms with van der Waals surface area (Å²) in [5.41, 5.74) is 4.82. The number of benzene rings is 3. The van der Waals surface area contributed by atoms with Crippen LogP contribution in [0.2, 0.25) is 0 Å². The van der Waals surface area contributed by atoms with Gasteiger partial charge in [-0.1, -0.05) is 24.6 Å². The Hall–Kier alpha value is -4.66. The third-order valence-corrected chi connectivity index (χ3v) is 5.08. The average Bonchev–Trinajstić information content (AvgIpc) is 2.91. The second-order valence-electron chi connectivity index (χ2n) is 8.01. The number of hydrogen-bond donors (Lipinski definition) is 2. The topological polar surface area (TPSA) is 115 Å². The minimum absolute atomic E-state index is 0.249. The van der Waals surface area contributed by atoms with Crippen molar-refractivity contribution in [1.29, 1.82) is 0 Å². The highest BCUT2D eigenvalue weighted by Crippen LogP contribution is 2.28. The third-order valence-electron chi connectivity index (χ3n) is 5.08. The maximum Gasteiger partial charge on any atom is 0.343 e. The van der Waals surface area contributed by atoms with Gasteiger partial charge < -0.3 is 19.5 Å². The smallest absolute Gasteiger partial charge is 0.343 e. The highest BCUT2D eigenvalue weighted by molar-refractivity contribution is 5.96. The van der Waals surface area contributed by atoms with E-state index in [1.807, 2.05) is 26.0 Å². The van der Waals surface area contributed by atoms with Crippen LogP contribution < -0.4 is 25.0 Å². The number of hydrazone groups is 1. The van der Waals surface area contributed by atoms with Gasteiger partial charge in [-0.3, -0.25) is 9.59 Å². The molecule has 0 fully saturated rings. The number of amides is 2. The molecule has 2 amide bonds. The van der Waals surface area contributed by atoms with Crippen molar-refractivity contribution >= 4 is 24.0 Å². The number of esters is 1. The van der Waals surface area contributed by atoms with Gasteiger partial charge >= 0.3 is 5.97 Å². The van der Waals surface area contributed by atoms with Gasteiger partial charge in [0.2, 0.25) is 0 Å². The highest BCUT2D eigenvalue weighted by Gasteiger charge is 2.13. The fourth-order valence-electron chi connectivity index (χ4n) is 3.10. The van der Waals surface area contributed by atoms with Gasteiger partial charge in [0.05, 0.1) is 32.0 Å². The van der Waals surface area contributed by atoms with E-state index in [4.69, 9.17) is 14.2 Å². The molecule has 2 N–H and O–H groups in total. The molecule has 3 aromatic carbocycles. The van der Waals surface area contributed by atoms with Crippen LogP contribution in [-0.4, -0.2) is 44.3 Å². The number of ether oxygens (including phenoxy) is 3. The first-order chi connectivity index (χ1) is 17.9. The first-order valence-electron chi connectivity index (χ1n) is 11.7. The lowest BCUT2D eigenvalue weighted by atomic mass is 10.1. The second kappa shape index (κ2) is 13.4. The monoisotopic (exact) mass is 503 g/mol. The minimum atomic E-state index is -0.505. The Kier molecular flexibility index (Phi) is 9.78. The summed E-state index contributed by atoms with van der Waals surface area (Å²) in [4.78, 5) is 36.7. The van der Waals surface area contributed by atoms with E-state index in [1.54, 1.807) is 54.6 Å². The summed E-state index contributed by atoms with van der Waals surface area (Å²) in [5, 5.41) is 6.43. The minimum Gasteiger partial charge on any atom is -0.494 e. The Morgan fingerprint density at radius 1 is 0.919 bits per heavy atom. The molecule has 3 aromatic rings. The van der Waals surface area contributed by atoms with Crippen LogP contribution in [0.3, 0.4) is 0 Å². The van der Waals surface area contributed by atoms with Crippen LogP contribution in [0.5, 0.6) is 17.2 Å². The Balaban J connectivity index is 1.49. The van der Waals surface area contributed by atoms with Crippen molar-refractivity contribution in [3.05, 3.63) is 89.0 Å². The van der Waals surface area contributed by atoms with Crippen molar-refractivity contribution < 1.29 is 28.6 Å². The molecule has 0 aliphatic heterocycles. The number of carbonyl (C=O) groups is 3. The second-order valence-corrected chi connectivity index (χ2v) is 8.01. The molecule has 0 heterocycles. The van der Waals surface area contributed by atoms with E-state index in [9.17, 15) is 14.4 Å². The lowest BCUT2D eigenvalue weighted by Crippen LogP contribution is -2.34. The van der Waals surface area contributed by atoms with E-state index in [1.165, 1.54) is 13.3 Å². The molecule has 0 radical (unpaired) electrons. The SMILES string of the molecule is CCCOc1ccc(C(=O)NCC(=O)N/N=C\c2ccc(OC(=O)c3ccc(C)cc3)c(OC)c2)cc1. The van der Waals surface area contributed by atoms with Gasteiger partial charge in [0.1, 0.15) is 5.75 Å². The van der Waals surface area contributed by atoms with Crippen molar-refractivity contribution in [1.82, 2.24) is 10.7 Å². The Morgan fingerprint density at radius 2 is 1.62 bits per heavy atom. The van der Waals surface area contributed by atoms with Gasteiger partial charge in [-0.2, -0.15) is 5.10 Å². The molecule has 37 heavy (non-hydrogen) atoms. The standard InChI is InChI=1S/C28H29N3O6/c1-4-15-36-23-12-10-21(11-13-23)27(33)29-18-26(32)31-30-17-20-7-14-24(25(16-20)35-3)37-28(34)22-8-5-19(2)6-9-22/h5-14,16-17H,4,15,18H2,1-3H3,(H,29,33)(H,31,32)/b30-17-. The van der Waals surface area contributed by atoms with E-state index in [2.05, 4.69) is 15.8 Å². The largest absolute Gasteiger partial charge is 0.494 e. The van der Waals surface area contributed by atoms with Crippen molar-refractivity contribution in [3.8, 4) is 17.2 Å². The fourth-order valence-corrected chi connectivity index (χ4v) is 3.10. The fraction of sp³-hybridized carbons (Fsp3) is 0.214. The number of methoxy groups -OCH3 is 1. The lowest BCUT2D eigenvalue weighted by Gasteiger charge is -2.10. The predicted octanol–water partition coefficient (Wildman–Crippen LogP) is 3.89. The molecule has 0 saturated carbocycles. The lowest BCUT2D eigenvalue weighted by molar-refractivity contribution is -0.120. The first-order valence-corrected chi connectivity index (χ1v) is 11.7. The normalized spacial score (nSPS) is 10.6. The van der Waals surface area contributed by atoms with Gasteiger partial charge in [0, 0.05) is 5.56 Å². The van der Waals surface area contributed by atoms with Crippen LogP contribution in [-0.2, 0) is 4.79 Å². The van der Waals surface area contributed by atoms with E-state index in [-0.39, 0.29) is 18.2 Å². The summed E-state index contributed by atoms with van der Waals surface area (Å²) in [7, 11) is 1.45. The molecule has 0 unspecified atom stereocenters. The third kappa shape index (κ3) is 8.21. The van der Waals surface area contributed by atoms with Crippen molar-refractivity contribution in [2.45, 2.75) is 20.3 Å². The van der Waals surface area contributed by atoms with Crippen LogP contribution >= 0.6 is 0 Å². The molecule has 0 atom stereocenters. The quantitative estimate of drug-likeness (QED) is 0.178. The van der Waals surface area contributed by atoms with E-state index in [0.717, 1.165) is 12.0 Å². The number of aryl methyl sites for hydroxylation is 1. The summed E-state index contributed by atoms with van der Waals surface area (Å²) in [6.45, 7) is 4.30. The maximum absolute atomic E-state index is 12.4. The average molecular weight is 504 g/mol. The number of hydrogen-bond acceptors (Lipinski definition) is 7. The first kappa shape index (κ1) is 26.9. The molecule has 0 bridgehead atoms. The predicted molar refractivity (Wildman–Crippen MR) is 139 cm³/mol. The molecule has 0 aliphatic carbocycles. The van der Waals surface area contributed by atoms with Crippen molar-refractivity contribution in [3.63, 3.8) is 0 Å². The summed E-state index contributed by atoms with van der Waals surface area (Å²) >= 11 is 0. The summed E-state index contributed by atoms with van der Waals surface area (Å²) in [5.74, 6) is -0.129. The molecular formula is C28H29N3O6. The Bertz CT molecular complexity index is 1250. The molecule has 9 heteroatoms. The van der Waals surface area contributed by atoms with Gasteiger partial charge in [-0.05, 0) is 73.5 Å². The summed E-state index contributed by atoms with van der Waals surface area (Å²) < 4.78 is 16.3. The van der Waals surface area contributed by atoms with Crippen molar-refractivity contribution in [2.75, 3.05) is 20.3 Å². The van der Waals surface area contributed by atoms with Crippen LogP contribution in [0, 0.1) is 6.92 Å². The number of nitrogens with one attached hydrogen (secondary N) is 2. The van der Waals surface area contributed by atoms with Crippen LogP contribution in [0.15, 0.2) is 71.8 Å². The molecule has 3 rings (SSSR count). The molecule has 0 aromatic heterocycles. The molecule has 9 nitrogen and oxygen atoms in total. The van der Waals surface area contributed by atoms with E-state index in [0.29, 0.717) is 34.8 Å². The number of carbonyl (C=O) groups excluding carboxylic acids is 3. The zero-order valence-corrected chi connectivity index (χ0v) is 20.9. The zero-order valence-electron chi connectivity index (χ0n) is 20.9. The van der Waals surface area contributed by atoms with Gasteiger partial charge in [-0.15, -0.1) is 0 Å². The van der Waals surface area contributed by atoms with E-state index < -0.39 is 11.9 Å². The van der Waals surface area contributed by atoms with Gasteiger partial charge in [-0.25, -0.2) is 10.2 Å². The van der Waals surface area contributed by atoms with Gasteiger partial charge in [0.15, 0.2) is 11.5 Å². The molecule has 0 saturated heterocycles. The highest BCUT2D eigenvalue weighted by atomic mass is 16.6. The van der Waals surface area contributed by atoms with Crippen molar-refractivity contribution in [2.24, 2.45) is 5.10 Å². The Morgan fingerprint density at radius 3 is 2.30 bits per heavy atom. The molecule has 0 spiro atoms. The van der Waals surface area contributed by atoms with E-state index >= 15 is 0 Å². The van der Waals surface area contributed by atoms with Crippen LogP contribution in [0.25, 0.3) is 0 Å². The van der Waals surface area contributed by atoms with Gasteiger partial charge in [0.25, 0.3) is 11.8 Å². The number of nitrogens with zero attached hydrogens (tertiary/aromatic N) is 1. The summed E-state index contributed by atoms with van der Waals surface area (Å²) in [6, 6.07) is 18.6. The molecular weight excluding hydrogens is 474 g/mol. The number of rotatable bonds is 11. The van der Waals surface area contributed by atoms with Crippen LogP contribution in [0.1, 0.15) is 45.2 Å². The zero-order chi connectivity index (χ0) is 26.6. The van der Waals surface area contributed by atoms with Crippen LogP contribution in [0.4, 0.5) is 0 Å².